The van der Waals surface area contributed by atoms with Crippen LogP contribution in [-0.4, -0.2) is 45.2 Å². The van der Waals surface area contributed by atoms with Gasteiger partial charge in [-0.1, -0.05) is 6.07 Å². The summed E-state index contributed by atoms with van der Waals surface area (Å²) in [6.07, 6.45) is -4.44. The molecular formula is C21H25F3N3O2+. The summed E-state index contributed by atoms with van der Waals surface area (Å²) in [5, 5.41) is 2.62. The van der Waals surface area contributed by atoms with Gasteiger partial charge in [0.15, 0.2) is 6.04 Å². The highest BCUT2D eigenvalue weighted by molar-refractivity contribution is 5.93. The zero-order valence-electron chi connectivity index (χ0n) is 16.4. The van der Waals surface area contributed by atoms with Crippen LogP contribution < -0.4 is 19.9 Å². The quantitative estimate of drug-likeness (QED) is 0.799. The van der Waals surface area contributed by atoms with Gasteiger partial charge in [-0.15, -0.1) is 0 Å². The van der Waals surface area contributed by atoms with E-state index in [9.17, 15) is 18.0 Å². The summed E-state index contributed by atoms with van der Waals surface area (Å²) in [5.74, 6) is 0.523. The van der Waals surface area contributed by atoms with Crippen molar-refractivity contribution in [1.82, 2.24) is 0 Å². The second-order valence-electron chi connectivity index (χ2n) is 7.13. The Hall–Kier alpha value is -2.74. The number of quaternary nitrogens is 1. The highest BCUT2D eigenvalue weighted by Crippen LogP contribution is 2.30. The number of piperazine rings is 1. The van der Waals surface area contributed by atoms with E-state index in [1.807, 2.05) is 24.3 Å². The molecule has 1 aliphatic rings. The number of ether oxygens (including phenoxy) is 1. The Morgan fingerprint density at radius 1 is 1.14 bits per heavy atom. The van der Waals surface area contributed by atoms with E-state index in [1.165, 1.54) is 12.1 Å². The Morgan fingerprint density at radius 3 is 2.38 bits per heavy atom. The first kappa shape index (κ1) is 21.0. The van der Waals surface area contributed by atoms with Crippen LogP contribution in [0.3, 0.4) is 0 Å². The Balaban J connectivity index is 1.56. The molecule has 0 bridgehead atoms. The molecular weight excluding hydrogens is 383 g/mol. The summed E-state index contributed by atoms with van der Waals surface area (Å²) in [6.45, 7) is 4.93. The third-order valence-corrected chi connectivity index (χ3v) is 5.31. The number of nitrogens with zero attached hydrogens (tertiary/aromatic N) is 1. The maximum absolute atomic E-state index is 12.8. The number of carbonyl (C=O) groups is 1. The van der Waals surface area contributed by atoms with Crippen molar-refractivity contribution < 1.29 is 27.6 Å². The number of methoxy groups -OCH3 is 1. The normalized spacial score (nSPS) is 16.4. The molecule has 0 radical (unpaired) electrons. The van der Waals surface area contributed by atoms with Crippen molar-refractivity contribution in [2.45, 2.75) is 19.1 Å². The van der Waals surface area contributed by atoms with Gasteiger partial charge in [-0.05, 0) is 49.4 Å². The second kappa shape index (κ2) is 8.73. The minimum absolute atomic E-state index is 0.160. The molecule has 1 fully saturated rings. The number of nitrogens with one attached hydrogen (secondary N) is 2. The van der Waals surface area contributed by atoms with Gasteiger partial charge in [-0.2, -0.15) is 13.2 Å². The first-order valence-corrected chi connectivity index (χ1v) is 9.49. The number of rotatable bonds is 5. The second-order valence-corrected chi connectivity index (χ2v) is 7.13. The van der Waals surface area contributed by atoms with Crippen molar-refractivity contribution in [3.05, 3.63) is 54.1 Å². The smallest absolute Gasteiger partial charge is 0.416 e. The first-order chi connectivity index (χ1) is 13.8. The molecule has 0 spiro atoms. The molecule has 1 saturated heterocycles. The summed E-state index contributed by atoms with van der Waals surface area (Å²) in [7, 11) is 1.63. The van der Waals surface area contributed by atoms with Gasteiger partial charge in [-0.25, -0.2) is 0 Å². The summed E-state index contributed by atoms with van der Waals surface area (Å²) in [4.78, 5) is 15.9. The van der Waals surface area contributed by atoms with Crippen LogP contribution >= 0.6 is 0 Å². The topological polar surface area (TPSA) is 46.0 Å². The van der Waals surface area contributed by atoms with E-state index in [0.717, 1.165) is 54.6 Å². The molecule has 0 aromatic heterocycles. The highest BCUT2D eigenvalue weighted by atomic mass is 19.4. The van der Waals surface area contributed by atoms with Crippen LogP contribution in [0.2, 0.25) is 0 Å². The molecule has 0 saturated carbocycles. The molecule has 1 atom stereocenters. The number of carbonyl (C=O) groups excluding carboxylic acids is 1. The molecule has 156 valence electrons. The maximum atomic E-state index is 12.8. The number of halogens is 3. The number of hydrogen-bond donors (Lipinski definition) is 2. The Labute approximate surface area is 168 Å². The number of amides is 1. The monoisotopic (exact) mass is 408 g/mol. The standard InChI is InChI=1S/C21H24F3N3O2/c1-15(20(28)25-17-5-3-4-16(14-17)21(22,23)24)26-10-12-27(13-11-26)18-6-8-19(29-2)9-7-18/h3-9,14-15H,10-13H2,1-2H3,(H,25,28)/p+1/t15-/m1/s1. The summed E-state index contributed by atoms with van der Waals surface area (Å²) in [5.41, 5.74) is 0.488. The van der Waals surface area contributed by atoms with Gasteiger partial charge < -0.3 is 19.9 Å². The van der Waals surface area contributed by atoms with E-state index in [1.54, 1.807) is 14.0 Å². The van der Waals surface area contributed by atoms with Gasteiger partial charge in [0.2, 0.25) is 0 Å². The number of anilines is 2. The molecule has 1 aliphatic heterocycles. The average Bonchev–Trinajstić information content (AvgIpc) is 2.73. The zero-order valence-corrected chi connectivity index (χ0v) is 16.4. The molecule has 8 heteroatoms. The van der Waals surface area contributed by atoms with Gasteiger partial charge in [0.25, 0.3) is 5.91 Å². The molecule has 2 aromatic rings. The lowest BCUT2D eigenvalue weighted by molar-refractivity contribution is -0.914. The molecule has 2 aromatic carbocycles. The van der Waals surface area contributed by atoms with E-state index < -0.39 is 11.7 Å². The van der Waals surface area contributed by atoms with Crippen molar-refractivity contribution in [1.29, 1.82) is 0 Å². The van der Waals surface area contributed by atoms with Crippen LogP contribution in [0, 0.1) is 0 Å². The van der Waals surface area contributed by atoms with E-state index in [2.05, 4.69) is 10.2 Å². The summed E-state index contributed by atoms with van der Waals surface area (Å²) >= 11 is 0. The van der Waals surface area contributed by atoms with E-state index in [-0.39, 0.29) is 17.6 Å². The number of benzene rings is 2. The van der Waals surface area contributed by atoms with Gasteiger partial charge >= 0.3 is 6.18 Å². The maximum Gasteiger partial charge on any atom is 0.416 e. The fourth-order valence-electron chi connectivity index (χ4n) is 3.49. The predicted octanol–water partition coefficient (Wildman–Crippen LogP) is 2.45. The van der Waals surface area contributed by atoms with E-state index in [0.29, 0.717) is 0 Å². The van der Waals surface area contributed by atoms with Crippen LogP contribution in [0.5, 0.6) is 5.75 Å². The van der Waals surface area contributed by atoms with Crippen LogP contribution in [0.1, 0.15) is 12.5 Å². The van der Waals surface area contributed by atoms with Crippen LogP contribution in [0.25, 0.3) is 0 Å². The van der Waals surface area contributed by atoms with Gasteiger partial charge in [0.1, 0.15) is 5.75 Å². The Bertz CT molecular complexity index is 832. The molecule has 2 N–H and O–H groups in total. The Morgan fingerprint density at radius 2 is 1.79 bits per heavy atom. The molecule has 0 unspecified atom stereocenters. The van der Waals surface area contributed by atoms with Crippen LogP contribution in [0.4, 0.5) is 24.5 Å². The molecule has 5 nitrogen and oxygen atoms in total. The van der Waals surface area contributed by atoms with Gasteiger partial charge in [0.05, 0.1) is 38.9 Å². The zero-order chi connectivity index (χ0) is 21.0. The number of hydrogen-bond acceptors (Lipinski definition) is 3. The molecule has 1 heterocycles. The Kier molecular flexibility index (Phi) is 6.32. The third kappa shape index (κ3) is 5.20. The van der Waals surface area contributed by atoms with Crippen molar-refractivity contribution in [3.63, 3.8) is 0 Å². The minimum Gasteiger partial charge on any atom is -0.497 e. The number of alkyl halides is 3. The summed E-state index contributed by atoms with van der Waals surface area (Å²) < 4.78 is 43.7. The lowest BCUT2D eigenvalue weighted by atomic mass is 10.1. The van der Waals surface area contributed by atoms with Crippen molar-refractivity contribution >= 4 is 17.3 Å². The predicted molar refractivity (Wildman–Crippen MR) is 105 cm³/mol. The SMILES string of the molecule is COc1ccc(N2CC[NH+]([C@H](C)C(=O)Nc3cccc(C(F)(F)F)c3)CC2)cc1. The molecule has 3 rings (SSSR count). The van der Waals surface area contributed by atoms with Crippen molar-refractivity contribution in [2.75, 3.05) is 43.5 Å². The molecule has 1 amide bonds. The molecule has 29 heavy (non-hydrogen) atoms. The van der Waals surface area contributed by atoms with E-state index in [4.69, 9.17) is 4.74 Å². The highest BCUT2D eigenvalue weighted by Gasteiger charge is 2.32. The minimum atomic E-state index is -4.44. The van der Waals surface area contributed by atoms with Gasteiger partial charge in [0, 0.05) is 11.4 Å². The van der Waals surface area contributed by atoms with Crippen molar-refractivity contribution in [2.24, 2.45) is 0 Å². The van der Waals surface area contributed by atoms with Crippen LogP contribution in [0.15, 0.2) is 48.5 Å². The fraction of sp³-hybridized carbons (Fsp3) is 0.381. The average molecular weight is 408 g/mol. The van der Waals surface area contributed by atoms with Crippen molar-refractivity contribution in [3.8, 4) is 5.75 Å². The third-order valence-electron chi connectivity index (χ3n) is 5.31. The largest absolute Gasteiger partial charge is 0.497 e. The lowest BCUT2D eigenvalue weighted by Crippen LogP contribution is -3.19. The fourth-order valence-corrected chi connectivity index (χ4v) is 3.49. The summed E-state index contributed by atoms with van der Waals surface area (Å²) in [6, 6.07) is 12.2. The lowest BCUT2D eigenvalue weighted by Gasteiger charge is -2.36. The first-order valence-electron chi connectivity index (χ1n) is 9.49. The van der Waals surface area contributed by atoms with Gasteiger partial charge in [-0.3, -0.25) is 4.79 Å². The molecule has 0 aliphatic carbocycles. The van der Waals surface area contributed by atoms with E-state index >= 15 is 0 Å². The van der Waals surface area contributed by atoms with Crippen LogP contribution in [-0.2, 0) is 11.0 Å².